The van der Waals surface area contributed by atoms with Gasteiger partial charge < -0.3 is 14.7 Å². The summed E-state index contributed by atoms with van der Waals surface area (Å²) in [6.45, 7) is 2.69. The molecule has 54 heavy (non-hydrogen) atoms. The van der Waals surface area contributed by atoms with E-state index in [9.17, 15) is 18.3 Å². The second-order valence-electron chi connectivity index (χ2n) is 16.3. The molecule has 0 radical (unpaired) electrons. The Morgan fingerprint density at radius 2 is 0.741 bits per heavy atom. The van der Waals surface area contributed by atoms with Crippen LogP contribution in [0.5, 0.6) is 0 Å². The first-order valence-corrected chi connectivity index (χ1v) is 21.5. The Labute approximate surface area is 327 Å². The van der Waals surface area contributed by atoms with Crippen LogP contribution in [0.4, 0.5) is 3.89 Å². The third-order valence-corrected chi connectivity index (χ3v) is 12.6. The van der Waals surface area contributed by atoms with E-state index in [1.54, 1.807) is 16.7 Å². The molecule has 1 unspecified atom stereocenters. The molecule has 3 fully saturated rings. The molecule has 6 nitrogen and oxygen atoms in total. The first-order valence-electron chi connectivity index (χ1n) is 20.4. The van der Waals surface area contributed by atoms with Crippen LogP contribution in [-0.4, -0.2) is 79.5 Å². The zero-order chi connectivity index (χ0) is 38.2. The standard InChI is InChI=1S/3C15H19NO.CH3FS/c3*1-16-10-12(9-15(16)17)14-8-4-6-11-5-2-3-7-13(11)14;1-3-2/h3*4,6,8,12H,2-3,5,7,9-10H2,1H3;1H3/t2*12-;;/m10../s1. The molecule has 0 bridgehead atoms. The van der Waals surface area contributed by atoms with Crippen LogP contribution in [0, 0.1) is 0 Å². The van der Waals surface area contributed by atoms with Gasteiger partial charge >= 0.3 is 0 Å². The second-order valence-corrected chi connectivity index (χ2v) is 16.6. The van der Waals surface area contributed by atoms with Gasteiger partial charge in [-0.25, -0.2) is 0 Å². The van der Waals surface area contributed by atoms with Gasteiger partial charge in [0.1, 0.15) is 0 Å². The molecule has 0 saturated carbocycles. The van der Waals surface area contributed by atoms with Gasteiger partial charge in [0.05, 0.1) is 0 Å². The Kier molecular flexibility index (Phi) is 13.9. The van der Waals surface area contributed by atoms with E-state index in [1.165, 1.54) is 117 Å². The molecule has 6 aliphatic rings. The van der Waals surface area contributed by atoms with Crippen molar-refractivity contribution in [3.8, 4) is 0 Å². The zero-order valence-electron chi connectivity index (χ0n) is 33.0. The van der Waals surface area contributed by atoms with Gasteiger partial charge in [0.2, 0.25) is 17.7 Å². The average Bonchev–Trinajstić information content (AvgIpc) is 3.84. The molecule has 3 heterocycles. The fourth-order valence-electron chi connectivity index (χ4n) is 9.80. The largest absolute Gasteiger partial charge is 0.345 e. The number of likely N-dealkylation sites (N-methyl/N-ethyl adjacent to an activating group) is 3. The van der Waals surface area contributed by atoms with Crippen molar-refractivity contribution in [3.63, 3.8) is 0 Å². The number of benzene rings is 3. The summed E-state index contributed by atoms with van der Waals surface area (Å²) >= 11 is 0.250. The quantitative estimate of drug-likeness (QED) is 0.269. The fraction of sp³-hybridized carbons (Fsp3) is 0.543. The number of hydrogen-bond acceptors (Lipinski definition) is 4. The minimum atomic E-state index is 0.250. The highest BCUT2D eigenvalue weighted by Gasteiger charge is 2.32. The summed E-state index contributed by atoms with van der Waals surface area (Å²) in [5, 5.41) is 0. The highest BCUT2D eigenvalue weighted by Crippen LogP contribution is 2.37. The lowest BCUT2D eigenvalue weighted by Crippen LogP contribution is -2.19. The van der Waals surface area contributed by atoms with Crippen molar-refractivity contribution in [1.29, 1.82) is 0 Å². The summed E-state index contributed by atoms with van der Waals surface area (Å²) < 4.78 is 10.2. The number of hydrogen-bond donors (Lipinski definition) is 0. The lowest BCUT2D eigenvalue weighted by atomic mass is 9.83. The summed E-state index contributed by atoms with van der Waals surface area (Å²) in [4.78, 5) is 40.6. The van der Waals surface area contributed by atoms with E-state index in [0.717, 1.165) is 19.6 Å². The number of halogens is 1. The third kappa shape index (κ3) is 9.41. The summed E-state index contributed by atoms with van der Waals surface area (Å²) in [6, 6.07) is 20.0. The predicted molar refractivity (Wildman–Crippen MR) is 219 cm³/mol. The van der Waals surface area contributed by atoms with E-state index in [2.05, 4.69) is 54.6 Å². The summed E-state index contributed by atoms with van der Waals surface area (Å²) in [5.41, 5.74) is 13.5. The lowest BCUT2D eigenvalue weighted by molar-refractivity contribution is -0.127. The van der Waals surface area contributed by atoms with Gasteiger partial charge in [-0.2, -0.15) is 3.89 Å². The van der Waals surface area contributed by atoms with Crippen molar-refractivity contribution in [2.45, 2.75) is 114 Å². The highest BCUT2D eigenvalue weighted by molar-refractivity contribution is 7.93. The van der Waals surface area contributed by atoms with Crippen LogP contribution >= 0.6 is 12.1 Å². The third-order valence-electron chi connectivity index (χ3n) is 12.6. The number of amides is 3. The Bertz CT molecular complexity index is 1590. The maximum Gasteiger partial charge on any atom is 0.223 e. The van der Waals surface area contributed by atoms with Gasteiger partial charge in [0.15, 0.2) is 0 Å². The van der Waals surface area contributed by atoms with Crippen LogP contribution in [0.15, 0.2) is 54.6 Å². The number of nitrogens with zero attached hydrogens (tertiary/aromatic N) is 3. The van der Waals surface area contributed by atoms with Gasteiger partial charge in [0, 0.05) is 96.2 Å². The molecule has 3 aliphatic carbocycles. The molecule has 8 heteroatoms. The molecule has 0 spiro atoms. The Hall–Kier alpha value is -3.65. The molecule has 290 valence electrons. The van der Waals surface area contributed by atoms with Gasteiger partial charge in [-0.05, 0) is 127 Å². The fourth-order valence-corrected chi connectivity index (χ4v) is 9.80. The van der Waals surface area contributed by atoms with E-state index in [-0.39, 0.29) is 12.1 Å². The Morgan fingerprint density at radius 1 is 0.481 bits per heavy atom. The SMILES string of the molecule is CN1CC(c2cccc3c2CCCC3)CC1=O.CN1C[C@@H](c2cccc3c2CCCC3)CC1=O.CN1C[C@H](c2cccc3c2CCCC3)CC1=O.CSF. The van der Waals surface area contributed by atoms with Crippen molar-refractivity contribution in [1.82, 2.24) is 14.7 Å². The van der Waals surface area contributed by atoms with Crippen molar-refractivity contribution in [2.24, 2.45) is 0 Å². The first-order chi connectivity index (χ1) is 26.2. The number of fused-ring (bicyclic) bond motifs is 3. The predicted octanol–water partition coefficient (Wildman–Crippen LogP) is 8.77. The van der Waals surface area contributed by atoms with Crippen molar-refractivity contribution >= 4 is 29.9 Å². The molecule has 9 rings (SSSR count). The maximum atomic E-state index is 11.7. The summed E-state index contributed by atoms with van der Waals surface area (Å²) in [5.74, 6) is 2.18. The monoisotopic (exact) mass is 753 g/mol. The molecule has 3 amide bonds. The average molecular weight is 754 g/mol. The second kappa shape index (κ2) is 18.8. The Balaban J connectivity index is 0.000000133. The molecule has 3 saturated heterocycles. The van der Waals surface area contributed by atoms with E-state index < -0.39 is 0 Å². The topological polar surface area (TPSA) is 60.9 Å². The molecule has 0 aromatic heterocycles. The molecular weight excluding hydrogens is 694 g/mol. The van der Waals surface area contributed by atoms with Gasteiger partial charge in [-0.15, -0.1) is 0 Å². The van der Waals surface area contributed by atoms with Crippen LogP contribution in [0.2, 0.25) is 0 Å². The maximum absolute atomic E-state index is 11.7. The number of likely N-dealkylation sites (tertiary alicyclic amines) is 3. The van der Waals surface area contributed by atoms with E-state index in [0.29, 0.717) is 54.7 Å². The highest BCUT2D eigenvalue weighted by atomic mass is 32.2. The first kappa shape index (κ1) is 40.0. The summed E-state index contributed by atoms with van der Waals surface area (Å²) in [7, 11) is 5.74. The normalized spacial score (nSPS) is 22.9. The van der Waals surface area contributed by atoms with Gasteiger partial charge in [-0.1, -0.05) is 54.6 Å². The number of carbonyl (C=O) groups is 3. The van der Waals surface area contributed by atoms with E-state index in [1.807, 2.05) is 35.8 Å². The number of rotatable bonds is 3. The molecule has 3 aliphatic heterocycles. The Morgan fingerprint density at radius 3 is 0.981 bits per heavy atom. The van der Waals surface area contributed by atoms with Crippen molar-refractivity contribution in [3.05, 3.63) is 105 Å². The van der Waals surface area contributed by atoms with E-state index >= 15 is 0 Å². The number of aryl methyl sites for hydroxylation is 3. The lowest BCUT2D eigenvalue weighted by Gasteiger charge is -2.22. The minimum absolute atomic E-state index is 0.250. The summed E-state index contributed by atoms with van der Waals surface area (Å²) in [6.07, 6.45) is 18.6. The van der Waals surface area contributed by atoms with Crippen LogP contribution in [-0.2, 0) is 52.9 Å². The van der Waals surface area contributed by atoms with Crippen molar-refractivity contribution < 1.29 is 18.3 Å². The van der Waals surface area contributed by atoms with Gasteiger partial charge in [0.25, 0.3) is 0 Å². The zero-order valence-corrected chi connectivity index (χ0v) is 33.8. The smallest absolute Gasteiger partial charge is 0.223 e. The molecule has 3 aromatic rings. The molecule has 3 atom stereocenters. The van der Waals surface area contributed by atoms with Gasteiger partial charge in [-0.3, -0.25) is 14.4 Å². The van der Waals surface area contributed by atoms with E-state index in [4.69, 9.17) is 0 Å². The molecular formula is C46H60FN3O3S. The van der Waals surface area contributed by atoms with Crippen LogP contribution in [0.1, 0.15) is 126 Å². The molecule has 0 N–H and O–H groups in total. The minimum Gasteiger partial charge on any atom is -0.345 e. The number of carbonyl (C=O) groups excluding carboxylic acids is 3. The van der Waals surface area contributed by atoms with Crippen LogP contribution in [0.25, 0.3) is 0 Å². The van der Waals surface area contributed by atoms with Crippen LogP contribution in [0.3, 0.4) is 0 Å². The molecule has 3 aromatic carbocycles. The van der Waals surface area contributed by atoms with Crippen molar-refractivity contribution in [2.75, 3.05) is 47.0 Å². The van der Waals surface area contributed by atoms with Crippen LogP contribution < -0.4 is 0 Å².